The second-order valence-electron chi connectivity index (χ2n) is 9.71. The van der Waals surface area contributed by atoms with Crippen molar-refractivity contribution in [3.8, 4) is 6.07 Å². The molecule has 0 spiro atoms. The molecule has 8 nitrogen and oxygen atoms in total. The van der Waals surface area contributed by atoms with Gasteiger partial charge < -0.3 is 10.1 Å². The highest BCUT2D eigenvalue weighted by molar-refractivity contribution is 5.66. The topological polar surface area (TPSA) is 117 Å². The van der Waals surface area contributed by atoms with Gasteiger partial charge in [-0.1, -0.05) is 47.5 Å². The molecule has 3 rings (SSSR count). The molecule has 3 atom stereocenters. The molecule has 2 N–H and O–H groups in total. The smallest absolute Gasteiger partial charge is 0.302 e. The summed E-state index contributed by atoms with van der Waals surface area (Å²) in [5.41, 5.74) is 1.83. The molecule has 3 unspecified atom stereocenters. The molecule has 1 aliphatic rings. The first-order valence-corrected chi connectivity index (χ1v) is 11.9. The summed E-state index contributed by atoms with van der Waals surface area (Å²) in [5.74, 6) is 2.12. The normalized spacial score (nSPS) is 18.6. The maximum absolute atomic E-state index is 11.0. The lowest BCUT2D eigenvalue weighted by atomic mass is 9.80. The third-order valence-electron chi connectivity index (χ3n) is 6.33. The van der Waals surface area contributed by atoms with Crippen molar-refractivity contribution in [1.29, 1.82) is 5.26 Å². The van der Waals surface area contributed by atoms with Gasteiger partial charge in [0.1, 0.15) is 18.0 Å². The van der Waals surface area contributed by atoms with Gasteiger partial charge in [0.15, 0.2) is 11.5 Å². The highest BCUT2D eigenvalue weighted by Gasteiger charge is 2.29. The third-order valence-corrected chi connectivity index (χ3v) is 6.33. The van der Waals surface area contributed by atoms with Gasteiger partial charge in [-0.3, -0.25) is 9.89 Å². The molecular weight excluding hydrogens is 416 g/mol. The molecule has 1 fully saturated rings. The fourth-order valence-corrected chi connectivity index (χ4v) is 3.99. The van der Waals surface area contributed by atoms with Crippen molar-refractivity contribution in [3.05, 3.63) is 29.8 Å². The van der Waals surface area contributed by atoms with Crippen LogP contribution < -0.4 is 5.32 Å². The number of rotatable bonds is 8. The summed E-state index contributed by atoms with van der Waals surface area (Å²) >= 11 is 0. The van der Waals surface area contributed by atoms with Crippen molar-refractivity contribution in [2.75, 3.05) is 5.32 Å². The summed E-state index contributed by atoms with van der Waals surface area (Å²) in [7, 11) is 0. The van der Waals surface area contributed by atoms with Gasteiger partial charge in [-0.15, -0.1) is 0 Å². The van der Waals surface area contributed by atoms with E-state index in [2.05, 4.69) is 60.1 Å². The Morgan fingerprint density at radius 2 is 2.06 bits per heavy atom. The zero-order chi connectivity index (χ0) is 24.4. The van der Waals surface area contributed by atoms with Crippen LogP contribution in [0.5, 0.6) is 0 Å². The first-order valence-electron chi connectivity index (χ1n) is 11.9. The largest absolute Gasteiger partial charge is 0.463 e. The van der Waals surface area contributed by atoms with Crippen LogP contribution in [0.2, 0.25) is 0 Å². The Balaban J connectivity index is 0.000000328. The van der Waals surface area contributed by atoms with E-state index in [1.807, 2.05) is 12.1 Å². The number of anilines is 2. The van der Waals surface area contributed by atoms with Crippen LogP contribution >= 0.6 is 0 Å². The highest BCUT2D eigenvalue weighted by Crippen LogP contribution is 2.36. The van der Waals surface area contributed by atoms with Gasteiger partial charge in [0.05, 0.1) is 12.4 Å². The Kier molecular flexibility index (Phi) is 9.83. The molecule has 0 saturated heterocycles. The van der Waals surface area contributed by atoms with E-state index in [0.717, 1.165) is 30.9 Å². The SMILES string of the molecule is CC(=O)OC1CCC(c2cc(Nc3cnc(C#N)cn3)n[nH]2)C1.CCC(C)CC(C)(C)CC. The van der Waals surface area contributed by atoms with Crippen molar-refractivity contribution in [2.24, 2.45) is 11.3 Å². The standard InChI is InChI=1S/C15H16N6O2.C10H22/c1-9(22)23-12-3-2-10(4-12)13-5-14(21-20-13)19-15-8-17-11(6-16)7-18-15;1-6-9(3)8-10(4,5)7-2/h5,7-8,10,12H,2-4H2,1H3,(H2,18,19,20,21);9H,6-8H2,1-5H3. The number of nitrogens with zero attached hydrogens (tertiary/aromatic N) is 4. The van der Waals surface area contributed by atoms with E-state index in [0.29, 0.717) is 23.0 Å². The number of aromatic amines is 1. The third kappa shape index (κ3) is 8.83. The second kappa shape index (κ2) is 12.3. The lowest BCUT2D eigenvalue weighted by Crippen LogP contribution is -2.13. The van der Waals surface area contributed by atoms with E-state index in [1.165, 1.54) is 38.6 Å². The number of esters is 1. The molecule has 2 aromatic rings. The van der Waals surface area contributed by atoms with Crippen LogP contribution in [0.25, 0.3) is 0 Å². The number of nitrogens with one attached hydrogen (secondary N) is 2. The quantitative estimate of drug-likeness (QED) is 0.479. The first kappa shape index (κ1) is 26.3. The van der Waals surface area contributed by atoms with Gasteiger partial charge in [0, 0.05) is 24.6 Å². The molecule has 0 aliphatic heterocycles. The molecular formula is C25H38N6O2. The van der Waals surface area contributed by atoms with E-state index < -0.39 is 0 Å². The summed E-state index contributed by atoms with van der Waals surface area (Å²) < 4.78 is 5.25. The fraction of sp³-hybridized carbons (Fsp3) is 0.640. The van der Waals surface area contributed by atoms with Crippen LogP contribution in [0, 0.1) is 22.7 Å². The van der Waals surface area contributed by atoms with Crippen molar-refractivity contribution in [1.82, 2.24) is 20.2 Å². The minimum absolute atomic E-state index is 0.0124. The monoisotopic (exact) mass is 454 g/mol. The number of aromatic nitrogens is 4. The number of H-pyrrole nitrogens is 1. The molecule has 1 aliphatic carbocycles. The van der Waals surface area contributed by atoms with Gasteiger partial charge in [0.2, 0.25) is 0 Å². The molecule has 2 heterocycles. The molecule has 0 aromatic carbocycles. The molecule has 180 valence electrons. The van der Waals surface area contributed by atoms with E-state index in [1.54, 1.807) is 0 Å². The van der Waals surface area contributed by atoms with E-state index in [4.69, 9.17) is 10.00 Å². The Morgan fingerprint density at radius 3 is 2.64 bits per heavy atom. The van der Waals surface area contributed by atoms with Crippen LogP contribution in [0.4, 0.5) is 11.6 Å². The van der Waals surface area contributed by atoms with Crippen molar-refractivity contribution >= 4 is 17.6 Å². The molecule has 1 saturated carbocycles. The highest BCUT2D eigenvalue weighted by atomic mass is 16.5. The maximum atomic E-state index is 11.0. The van der Waals surface area contributed by atoms with Crippen LogP contribution in [0.15, 0.2) is 18.5 Å². The summed E-state index contributed by atoms with van der Waals surface area (Å²) in [4.78, 5) is 19.0. The van der Waals surface area contributed by atoms with Gasteiger partial charge >= 0.3 is 5.97 Å². The van der Waals surface area contributed by atoms with Gasteiger partial charge in [-0.2, -0.15) is 10.4 Å². The van der Waals surface area contributed by atoms with E-state index in [9.17, 15) is 4.79 Å². The van der Waals surface area contributed by atoms with Gasteiger partial charge in [-0.05, 0) is 37.0 Å². The summed E-state index contributed by atoms with van der Waals surface area (Å²) in [5, 5.41) is 18.9. The molecule has 33 heavy (non-hydrogen) atoms. The number of hydrogen-bond donors (Lipinski definition) is 2. The zero-order valence-corrected chi connectivity index (χ0v) is 20.8. The zero-order valence-electron chi connectivity index (χ0n) is 20.8. The van der Waals surface area contributed by atoms with E-state index in [-0.39, 0.29) is 17.8 Å². The molecule has 0 radical (unpaired) electrons. The average Bonchev–Trinajstić information content (AvgIpc) is 3.43. The average molecular weight is 455 g/mol. The molecule has 8 heteroatoms. The number of hydrogen-bond acceptors (Lipinski definition) is 7. The first-order chi connectivity index (χ1) is 15.7. The minimum atomic E-state index is -0.234. The summed E-state index contributed by atoms with van der Waals surface area (Å²) in [6.45, 7) is 13.1. The van der Waals surface area contributed by atoms with Crippen LogP contribution in [-0.4, -0.2) is 32.2 Å². The van der Waals surface area contributed by atoms with Gasteiger partial charge in [0.25, 0.3) is 0 Å². The molecule has 2 aromatic heterocycles. The summed E-state index contributed by atoms with van der Waals surface area (Å²) in [6, 6.07) is 3.84. The van der Waals surface area contributed by atoms with Crippen molar-refractivity contribution in [2.45, 2.75) is 92.1 Å². The summed E-state index contributed by atoms with van der Waals surface area (Å²) in [6.07, 6.45) is 9.50. The maximum Gasteiger partial charge on any atom is 0.302 e. The number of carbonyl (C=O) groups excluding carboxylic acids is 1. The fourth-order valence-electron chi connectivity index (χ4n) is 3.99. The molecule has 0 amide bonds. The second-order valence-corrected chi connectivity index (χ2v) is 9.71. The number of carbonyl (C=O) groups is 1. The van der Waals surface area contributed by atoms with E-state index >= 15 is 0 Å². The van der Waals surface area contributed by atoms with Crippen LogP contribution in [-0.2, 0) is 9.53 Å². The van der Waals surface area contributed by atoms with Crippen molar-refractivity contribution < 1.29 is 9.53 Å². The number of nitriles is 1. The van der Waals surface area contributed by atoms with Crippen molar-refractivity contribution in [3.63, 3.8) is 0 Å². The minimum Gasteiger partial charge on any atom is -0.463 e. The molecule has 0 bridgehead atoms. The van der Waals surface area contributed by atoms with Crippen LogP contribution in [0.1, 0.15) is 97.4 Å². The van der Waals surface area contributed by atoms with Crippen LogP contribution in [0.3, 0.4) is 0 Å². The number of ether oxygens (including phenoxy) is 1. The Labute approximate surface area is 197 Å². The predicted molar refractivity (Wildman–Crippen MR) is 129 cm³/mol. The Bertz CT molecular complexity index is 916. The Morgan fingerprint density at radius 1 is 1.30 bits per heavy atom. The lowest BCUT2D eigenvalue weighted by molar-refractivity contribution is -0.145. The van der Waals surface area contributed by atoms with Gasteiger partial charge in [-0.25, -0.2) is 9.97 Å². The Hall–Kier alpha value is -2.95. The predicted octanol–water partition coefficient (Wildman–Crippen LogP) is 5.87. The lowest BCUT2D eigenvalue weighted by Gasteiger charge is -2.25.